The molecule has 0 saturated carbocycles. The van der Waals surface area contributed by atoms with Gasteiger partial charge in [0.25, 0.3) is 11.8 Å². The summed E-state index contributed by atoms with van der Waals surface area (Å²) in [5.74, 6) is -1.41. The first-order chi connectivity index (χ1) is 13.6. The van der Waals surface area contributed by atoms with Crippen molar-refractivity contribution in [1.29, 1.82) is 0 Å². The highest BCUT2D eigenvalue weighted by molar-refractivity contribution is 6.08. The molecule has 6 nitrogen and oxygen atoms in total. The fraction of sp³-hybridized carbons (Fsp3) is 0.136. The number of esters is 1. The van der Waals surface area contributed by atoms with Crippen LogP contribution in [0, 0.1) is 0 Å². The lowest BCUT2D eigenvalue weighted by Crippen LogP contribution is -2.35. The second-order valence-corrected chi connectivity index (χ2v) is 5.82. The number of rotatable bonds is 9. The van der Waals surface area contributed by atoms with Crippen LogP contribution in [0.5, 0.6) is 0 Å². The van der Waals surface area contributed by atoms with E-state index in [-0.39, 0.29) is 17.4 Å². The molecule has 6 heteroatoms. The van der Waals surface area contributed by atoms with Crippen LogP contribution in [0.3, 0.4) is 0 Å². The van der Waals surface area contributed by atoms with Crippen molar-refractivity contribution in [1.82, 2.24) is 4.90 Å². The molecule has 0 aliphatic carbocycles. The van der Waals surface area contributed by atoms with Crippen LogP contribution in [0.15, 0.2) is 79.9 Å². The van der Waals surface area contributed by atoms with E-state index in [0.29, 0.717) is 24.3 Å². The van der Waals surface area contributed by atoms with Gasteiger partial charge in [0.1, 0.15) is 0 Å². The van der Waals surface area contributed by atoms with Gasteiger partial charge in [-0.1, -0.05) is 42.5 Å². The molecule has 1 N–H and O–H groups in total. The Labute approximate surface area is 164 Å². The van der Waals surface area contributed by atoms with Crippen LogP contribution in [0.2, 0.25) is 0 Å². The lowest BCUT2D eigenvalue weighted by Gasteiger charge is -2.19. The van der Waals surface area contributed by atoms with Crippen LogP contribution in [-0.4, -0.2) is 42.4 Å². The maximum Gasteiger partial charge on any atom is 0.340 e. The number of hydrogen-bond acceptors (Lipinski definition) is 4. The minimum absolute atomic E-state index is 0.165. The molecule has 2 aromatic carbocycles. The number of para-hydroxylation sites is 1. The molecule has 0 aliphatic rings. The number of carbonyl (C=O) groups is 3. The van der Waals surface area contributed by atoms with Gasteiger partial charge in [-0.05, 0) is 24.3 Å². The predicted molar refractivity (Wildman–Crippen MR) is 108 cm³/mol. The van der Waals surface area contributed by atoms with Crippen molar-refractivity contribution < 1.29 is 19.1 Å². The summed E-state index contributed by atoms with van der Waals surface area (Å²) in [5.41, 5.74) is 0.937. The Morgan fingerprint density at radius 1 is 0.929 bits per heavy atom. The van der Waals surface area contributed by atoms with Gasteiger partial charge in [-0.15, -0.1) is 13.2 Å². The quantitative estimate of drug-likeness (QED) is 0.537. The first-order valence-electron chi connectivity index (χ1n) is 8.69. The molecule has 0 radical (unpaired) electrons. The molecule has 28 heavy (non-hydrogen) atoms. The zero-order valence-electron chi connectivity index (χ0n) is 15.5. The molecule has 0 heterocycles. The van der Waals surface area contributed by atoms with Crippen LogP contribution in [-0.2, 0) is 9.53 Å². The van der Waals surface area contributed by atoms with Crippen LogP contribution < -0.4 is 5.32 Å². The van der Waals surface area contributed by atoms with Gasteiger partial charge in [-0.3, -0.25) is 9.59 Å². The maximum absolute atomic E-state index is 12.4. The van der Waals surface area contributed by atoms with Gasteiger partial charge in [0.2, 0.25) is 0 Å². The molecule has 0 unspecified atom stereocenters. The van der Waals surface area contributed by atoms with E-state index in [0.717, 1.165) is 0 Å². The second-order valence-electron chi connectivity index (χ2n) is 5.82. The third kappa shape index (κ3) is 5.67. The highest BCUT2D eigenvalue weighted by Gasteiger charge is 2.18. The third-order valence-electron chi connectivity index (χ3n) is 3.81. The van der Waals surface area contributed by atoms with Gasteiger partial charge in [-0.25, -0.2) is 4.79 Å². The van der Waals surface area contributed by atoms with Gasteiger partial charge in [-0.2, -0.15) is 0 Å². The molecular weight excluding hydrogens is 356 g/mol. The Morgan fingerprint density at radius 2 is 1.54 bits per heavy atom. The van der Waals surface area contributed by atoms with Crippen molar-refractivity contribution in [3.63, 3.8) is 0 Å². The van der Waals surface area contributed by atoms with Gasteiger partial charge in [0.05, 0.1) is 11.3 Å². The second kappa shape index (κ2) is 10.5. The van der Waals surface area contributed by atoms with Crippen LogP contribution in [0.25, 0.3) is 0 Å². The van der Waals surface area contributed by atoms with E-state index in [1.54, 1.807) is 60.7 Å². The van der Waals surface area contributed by atoms with Crippen molar-refractivity contribution >= 4 is 23.5 Å². The first-order valence-corrected chi connectivity index (χ1v) is 8.69. The predicted octanol–water partition coefficient (Wildman–Crippen LogP) is 3.30. The van der Waals surface area contributed by atoms with Gasteiger partial charge in [0.15, 0.2) is 6.61 Å². The summed E-state index contributed by atoms with van der Waals surface area (Å²) < 4.78 is 5.14. The van der Waals surface area contributed by atoms with E-state index in [1.807, 2.05) is 0 Å². The molecule has 0 aromatic heterocycles. The summed E-state index contributed by atoms with van der Waals surface area (Å²) in [4.78, 5) is 38.4. The molecular formula is C22H22N2O4. The van der Waals surface area contributed by atoms with Gasteiger partial charge in [0, 0.05) is 18.7 Å². The smallest absolute Gasteiger partial charge is 0.340 e. The minimum atomic E-state index is -0.700. The number of benzene rings is 2. The number of hydrogen-bond donors (Lipinski definition) is 1. The lowest BCUT2D eigenvalue weighted by atomic mass is 10.1. The number of nitrogens with one attached hydrogen (secondary N) is 1. The molecule has 2 amide bonds. The fourth-order valence-electron chi connectivity index (χ4n) is 2.44. The van der Waals surface area contributed by atoms with E-state index < -0.39 is 12.6 Å². The Morgan fingerprint density at radius 3 is 2.18 bits per heavy atom. The molecule has 0 saturated heterocycles. The third-order valence-corrected chi connectivity index (χ3v) is 3.81. The van der Waals surface area contributed by atoms with Crippen LogP contribution in [0.4, 0.5) is 5.69 Å². The summed E-state index contributed by atoms with van der Waals surface area (Å²) in [6, 6.07) is 15.1. The number of ether oxygens (including phenoxy) is 1. The number of anilines is 1. The van der Waals surface area contributed by atoms with Crippen molar-refractivity contribution in [3.8, 4) is 0 Å². The van der Waals surface area contributed by atoms with Crippen molar-refractivity contribution in [2.75, 3.05) is 25.0 Å². The average molecular weight is 378 g/mol. The van der Waals surface area contributed by atoms with Crippen molar-refractivity contribution in [2.45, 2.75) is 0 Å². The molecule has 0 spiro atoms. The van der Waals surface area contributed by atoms with E-state index in [4.69, 9.17) is 4.74 Å². The maximum atomic E-state index is 12.4. The standard InChI is InChI=1S/C22H22N2O4/c1-3-14-24(15-4-2)20(25)16-28-22(27)18-12-8-9-13-19(18)23-21(26)17-10-6-5-7-11-17/h3-13H,1-2,14-16H2,(H,23,26). The Bertz CT molecular complexity index is 852. The number of amides is 2. The largest absolute Gasteiger partial charge is 0.452 e. The van der Waals surface area contributed by atoms with Crippen molar-refractivity contribution in [3.05, 3.63) is 91.0 Å². The van der Waals surface area contributed by atoms with Crippen LogP contribution >= 0.6 is 0 Å². The minimum Gasteiger partial charge on any atom is -0.452 e. The molecule has 2 rings (SSSR count). The molecule has 144 valence electrons. The average Bonchev–Trinajstić information content (AvgIpc) is 2.72. The summed E-state index contributed by atoms with van der Waals surface area (Å²) in [7, 11) is 0. The van der Waals surface area contributed by atoms with Crippen molar-refractivity contribution in [2.24, 2.45) is 0 Å². The monoisotopic (exact) mass is 378 g/mol. The zero-order valence-corrected chi connectivity index (χ0v) is 15.5. The topological polar surface area (TPSA) is 75.7 Å². The number of nitrogens with zero attached hydrogens (tertiary/aromatic N) is 1. The highest BCUT2D eigenvalue weighted by Crippen LogP contribution is 2.17. The van der Waals surface area contributed by atoms with E-state index in [9.17, 15) is 14.4 Å². The van der Waals surface area contributed by atoms with E-state index >= 15 is 0 Å². The van der Waals surface area contributed by atoms with E-state index in [2.05, 4.69) is 18.5 Å². The Hall–Kier alpha value is -3.67. The van der Waals surface area contributed by atoms with E-state index in [1.165, 1.54) is 11.0 Å². The molecule has 0 atom stereocenters. The Kier molecular flexibility index (Phi) is 7.72. The SMILES string of the molecule is C=CCN(CC=C)C(=O)COC(=O)c1ccccc1NC(=O)c1ccccc1. The summed E-state index contributed by atoms with van der Waals surface area (Å²) in [5, 5.41) is 2.70. The van der Waals surface area contributed by atoms with Gasteiger partial charge < -0.3 is 15.0 Å². The normalized spacial score (nSPS) is 9.86. The zero-order chi connectivity index (χ0) is 20.4. The Balaban J connectivity index is 2.06. The van der Waals surface area contributed by atoms with Crippen LogP contribution in [0.1, 0.15) is 20.7 Å². The molecule has 0 bridgehead atoms. The number of carbonyl (C=O) groups excluding carboxylic acids is 3. The fourth-order valence-corrected chi connectivity index (χ4v) is 2.44. The molecule has 0 fully saturated rings. The highest BCUT2D eigenvalue weighted by atomic mass is 16.5. The van der Waals surface area contributed by atoms with Gasteiger partial charge >= 0.3 is 5.97 Å². The molecule has 0 aliphatic heterocycles. The first kappa shape index (κ1) is 20.6. The molecule has 2 aromatic rings. The summed E-state index contributed by atoms with van der Waals surface area (Å²) >= 11 is 0. The summed E-state index contributed by atoms with van der Waals surface area (Å²) in [6.45, 7) is 7.43. The lowest BCUT2D eigenvalue weighted by molar-refractivity contribution is -0.133. The summed E-state index contributed by atoms with van der Waals surface area (Å²) in [6.07, 6.45) is 3.16.